The highest BCUT2D eigenvalue weighted by Crippen LogP contribution is 2.29. The van der Waals surface area contributed by atoms with Crippen molar-refractivity contribution < 1.29 is 23.8 Å². The van der Waals surface area contributed by atoms with E-state index in [1.54, 1.807) is 19.4 Å². The van der Waals surface area contributed by atoms with Crippen molar-refractivity contribution in [3.05, 3.63) is 35.8 Å². The SMILES string of the molecule is COCCNC(=O)CN1CCN([C@H](C(=O)O)c2c[nH]c3cc(F)ccc23)CC1. The van der Waals surface area contributed by atoms with Crippen LogP contribution in [0.15, 0.2) is 24.4 Å². The monoisotopic (exact) mass is 392 g/mol. The van der Waals surface area contributed by atoms with Crippen LogP contribution in [0.4, 0.5) is 4.39 Å². The third-order valence-corrected chi connectivity index (χ3v) is 4.97. The van der Waals surface area contributed by atoms with Gasteiger partial charge in [0.25, 0.3) is 0 Å². The summed E-state index contributed by atoms with van der Waals surface area (Å²) in [5.41, 5.74) is 1.20. The van der Waals surface area contributed by atoms with Crippen molar-refractivity contribution in [1.82, 2.24) is 20.1 Å². The molecule has 0 radical (unpaired) electrons. The minimum atomic E-state index is -0.948. The Bertz CT molecular complexity index is 832. The Hall–Kier alpha value is -2.49. The van der Waals surface area contributed by atoms with Crippen molar-refractivity contribution in [2.75, 3.05) is 53.0 Å². The number of carboxylic acid groups (broad SMARTS) is 1. The van der Waals surface area contributed by atoms with Gasteiger partial charge >= 0.3 is 5.97 Å². The van der Waals surface area contributed by atoms with Gasteiger partial charge < -0.3 is 20.1 Å². The predicted molar refractivity (Wildman–Crippen MR) is 102 cm³/mol. The lowest BCUT2D eigenvalue weighted by atomic mass is 10.0. The molecule has 1 aliphatic rings. The molecule has 1 atom stereocenters. The van der Waals surface area contributed by atoms with Crippen molar-refractivity contribution in [2.45, 2.75) is 6.04 Å². The van der Waals surface area contributed by atoms with Crippen LogP contribution in [0.2, 0.25) is 0 Å². The maximum absolute atomic E-state index is 13.4. The lowest BCUT2D eigenvalue weighted by Crippen LogP contribution is -2.51. The molecule has 0 saturated carbocycles. The van der Waals surface area contributed by atoms with Crippen molar-refractivity contribution in [2.24, 2.45) is 0 Å². The Morgan fingerprint density at radius 2 is 2.07 bits per heavy atom. The fraction of sp³-hybridized carbons (Fsp3) is 0.474. The van der Waals surface area contributed by atoms with Crippen molar-refractivity contribution in [1.29, 1.82) is 0 Å². The fourth-order valence-electron chi connectivity index (χ4n) is 3.56. The first-order valence-corrected chi connectivity index (χ1v) is 9.21. The number of hydrogen-bond donors (Lipinski definition) is 3. The number of nitrogens with zero attached hydrogens (tertiary/aromatic N) is 2. The number of rotatable bonds is 8. The molecule has 0 bridgehead atoms. The number of aromatic nitrogens is 1. The number of carbonyl (C=O) groups excluding carboxylic acids is 1. The maximum atomic E-state index is 13.4. The molecule has 1 aromatic carbocycles. The molecular formula is C19H25FN4O4. The van der Waals surface area contributed by atoms with E-state index in [0.717, 1.165) is 0 Å². The van der Waals surface area contributed by atoms with Gasteiger partial charge in [-0.2, -0.15) is 0 Å². The molecule has 0 unspecified atom stereocenters. The van der Waals surface area contributed by atoms with Crippen LogP contribution in [-0.2, 0) is 14.3 Å². The Morgan fingerprint density at radius 1 is 1.32 bits per heavy atom. The second kappa shape index (κ2) is 9.13. The Kier molecular flexibility index (Phi) is 6.61. The topological polar surface area (TPSA) is 97.9 Å². The number of H-pyrrole nitrogens is 1. The zero-order valence-corrected chi connectivity index (χ0v) is 15.8. The largest absolute Gasteiger partial charge is 0.480 e. The molecular weight excluding hydrogens is 367 g/mol. The first-order chi connectivity index (χ1) is 13.5. The summed E-state index contributed by atoms with van der Waals surface area (Å²) in [6.07, 6.45) is 1.64. The van der Waals surface area contributed by atoms with E-state index >= 15 is 0 Å². The normalized spacial score (nSPS) is 16.9. The number of fused-ring (bicyclic) bond motifs is 1. The average Bonchev–Trinajstić information content (AvgIpc) is 3.06. The number of piperazine rings is 1. The van der Waals surface area contributed by atoms with E-state index in [4.69, 9.17) is 4.74 Å². The minimum absolute atomic E-state index is 0.0704. The fourth-order valence-corrected chi connectivity index (χ4v) is 3.56. The molecule has 2 aromatic rings. The van der Waals surface area contributed by atoms with E-state index < -0.39 is 12.0 Å². The number of methoxy groups -OCH3 is 1. The number of carbonyl (C=O) groups is 2. The van der Waals surface area contributed by atoms with Crippen LogP contribution >= 0.6 is 0 Å². The molecule has 0 aliphatic carbocycles. The highest BCUT2D eigenvalue weighted by molar-refractivity contribution is 5.89. The van der Waals surface area contributed by atoms with Gasteiger partial charge in [-0.25, -0.2) is 4.39 Å². The van der Waals surface area contributed by atoms with Gasteiger partial charge in [-0.3, -0.25) is 19.4 Å². The van der Waals surface area contributed by atoms with E-state index in [-0.39, 0.29) is 18.3 Å². The van der Waals surface area contributed by atoms with Crippen LogP contribution in [0.1, 0.15) is 11.6 Å². The molecule has 1 fully saturated rings. The van der Waals surface area contributed by atoms with Crippen molar-refractivity contribution in [3.63, 3.8) is 0 Å². The second-order valence-electron chi connectivity index (χ2n) is 6.83. The Labute approximate surface area is 162 Å². The van der Waals surface area contributed by atoms with Crippen LogP contribution in [-0.4, -0.2) is 84.8 Å². The van der Waals surface area contributed by atoms with Gasteiger partial charge in [0.05, 0.1) is 13.2 Å². The number of benzene rings is 1. The molecule has 9 heteroatoms. The zero-order chi connectivity index (χ0) is 20.1. The van der Waals surface area contributed by atoms with Gasteiger partial charge in [-0.05, 0) is 18.2 Å². The van der Waals surface area contributed by atoms with Gasteiger partial charge in [-0.1, -0.05) is 0 Å². The number of carboxylic acids is 1. The molecule has 3 rings (SSSR count). The van der Waals surface area contributed by atoms with Gasteiger partial charge in [0, 0.05) is 62.5 Å². The third kappa shape index (κ3) is 4.67. The van der Waals surface area contributed by atoms with Gasteiger partial charge in [0.1, 0.15) is 11.9 Å². The molecule has 2 heterocycles. The molecule has 8 nitrogen and oxygen atoms in total. The number of ether oxygens (including phenoxy) is 1. The summed E-state index contributed by atoms with van der Waals surface area (Å²) < 4.78 is 18.3. The van der Waals surface area contributed by atoms with Crippen molar-refractivity contribution in [3.8, 4) is 0 Å². The van der Waals surface area contributed by atoms with Crippen LogP contribution in [0.5, 0.6) is 0 Å². The number of aromatic amines is 1. The van der Waals surface area contributed by atoms with Gasteiger partial charge in [0.15, 0.2) is 0 Å². The number of amides is 1. The molecule has 1 amide bonds. The molecule has 1 aromatic heterocycles. The highest BCUT2D eigenvalue weighted by atomic mass is 19.1. The second-order valence-corrected chi connectivity index (χ2v) is 6.83. The molecule has 3 N–H and O–H groups in total. The quantitative estimate of drug-likeness (QED) is 0.576. The Balaban J connectivity index is 1.63. The summed E-state index contributed by atoms with van der Waals surface area (Å²) in [6, 6.07) is 3.47. The summed E-state index contributed by atoms with van der Waals surface area (Å²) in [4.78, 5) is 30.8. The summed E-state index contributed by atoms with van der Waals surface area (Å²) in [7, 11) is 1.58. The molecule has 1 saturated heterocycles. The Morgan fingerprint density at radius 3 is 2.75 bits per heavy atom. The lowest BCUT2D eigenvalue weighted by Gasteiger charge is -2.37. The summed E-state index contributed by atoms with van der Waals surface area (Å²) >= 11 is 0. The van der Waals surface area contributed by atoms with E-state index in [1.807, 2.05) is 9.80 Å². The molecule has 1 aliphatic heterocycles. The first-order valence-electron chi connectivity index (χ1n) is 9.21. The number of halogens is 1. The summed E-state index contributed by atoms with van der Waals surface area (Å²) in [5, 5.41) is 13.3. The molecule has 28 heavy (non-hydrogen) atoms. The third-order valence-electron chi connectivity index (χ3n) is 4.97. The van der Waals surface area contributed by atoms with E-state index in [1.165, 1.54) is 12.1 Å². The summed E-state index contributed by atoms with van der Waals surface area (Å²) in [5.74, 6) is -1.39. The molecule has 0 spiro atoms. The average molecular weight is 392 g/mol. The molecule has 152 valence electrons. The van der Waals surface area contributed by atoms with Gasteiger partial charge in [-0.15, -0.1) is 0 Å². The van der Waals surface area contributed by atoms with Crippen LogP contribution in [0.3, 0.4) is 0 Å². The standard InChI is InChI=1S/C19H25FN4O4/c1-28-9-4-21-17(25)12-23-5-7-24(8-6-23)18(19(26)27)15-11-22-16-10-13(20)2-3-14(15)16/h2-3,10-11,18,22H,4-9,12H2,1H3,(H,21,25)(H,26,27)/t18-/m0/s1. The zero-order valence-electron chi connectivity index (χ0n) is 15.8. The smallest absolute Gasteiger partial charge is 0.325 e. The maximum Gasteiger partial charge on any atom is 0.325 e. The van der Waals surface area contributed by atoms with E-state index in [9.17, 15) is 19.1 Å². The van der Waals surface area contributed by atoms with E-state index in [0.29, 0.717) is 55.8 Å². The number of nitrogens with one attached hydrogen (secondary N) is 2. The van der Waals surface area contributed by atoms with Crippen LogP contribution in [0.25, 0.3) is 10.9 Å². The van der Waals surface area contributed by atoms with E-state index in [2.05, 4.69) is 10.3 Å². The van der Waals surface area contributed by atoms with Gasteiger partial charge in [0.2, 0.25) is 5.91 Å². The minimum Gasteiger partial charge on any atom is -0.480 e. The van der Waals surface area contributed by atoms with Crippen LogP contribution < -0.4 is 5.32 Å². The van der Waals surface area contributed by atoms with Crippen LogP contribution in [0, 0.1) is 5.82 Å². The number of hydrogen-bond acceptors (Lipinski definition) is 5. The predicted octanol–water partition coefficient (Wildman–Crippen LogP) is 0.813. The summed E-state index contributed by atoms with van der Waals surface area (Å²) in [6.45, 7) is 3.46. The lowest BCUT2D eigenvalue weighted by molar-refractivity contribution is -0.144. The van der Waals surface area contributed by atoms with Crippen molar-refractivity contribution >= 4 is 22.8 Å². The first kappa shape index (κ1) is 20.2. The number of aliphatic carboxylic acids is 1. The highest BCUT2D eigenvalue weighted by Gasteiger charge is 2.32.